The van der Waals surface area contributed by atoms with Gasteiger partial charge in [0.05, 0.1) is 5.92 Å². The molecule has 1 aliphatic rings. The van der Waals surface area contributed by atoms with E-state index in [-0.39, 0.29) is 18.2 Å². The van der Waals surface area contributed by atoms with Gasteiger partial charge in [-0.3, -0.25) is 14.6 Å². The molecule has 5 nitrogen and oxygen atoms in total. The fourth-order valence-corrected chi connectivity index (χ4v) is 2.59. The Morgan fingerprint density at radius 3 is 2.96 bits per heavy atom. The summed E-state index contributed by atoms with van der Waals surface area (Å²) < 4.78 is 13.3. The van der Waals surface area contributed by atoms with Crippen molar-refractivity contribution in [2.45, 2.75) is 25.8 Å². The second-order valence-electron chi connectivity index (χ2n) is 5.56. The maximum absolute atomic E-state index is 13.3. The maximum atomic E-state index is 13.3. The largest absolute Gasteiger partial charge is 0.351 e. The zero-order chi connectivity index (χ0) is 16.4. The Balaban J connectivity index is 1.74. The van der Waals surface area contributed by atoms with E-state index in [1.807, 2.05) is 19.1 Å². The lowest BCUT2D eigenvalue weighted by molar-refractivity contribution is -0.126. The van der Waals surface area contributed by atoms with Crippen molar-refractivity contribution in [1.29, 1.82) is 0 Å². The number of carbonyl (C=O) groups excluding carboxylic acids is 2. The van der Waals surface area contributed by atoms with Crippen LogP contribution in [0.1, 0.15) is 29.2 Å². The van der Waals surface area contributed by atoms with Gasteiger partial charge in [0.15, 0.2) is 0 Å². The molecule has 1 unspecified atom stereocenters. The van der Waals surface area contributed by atoms with Crippen LogP contribution in [0.5, 0.6) is 0 Å². The van der Waals surface area contributed by atoms with Crippen LogP contribution in [0.3, 0.4) is 0 Å². The van der Waals surface area contributed by atoms with Crippen LogP contribution in [-0.2, 0) is 16.1 Å². The normalized spacial score (nSPS) is 16.4. The number of halogens is 1. The fourth-order valence-electron chi connectivity index (χ4n) is 2.59. The zero-order valence-electron chi connectivity index (χ0n) is 12.6. The number of amides is 2. The van der Waals surface area contributed by atoms with Gasteiger partial charge in [-0.25, -0.2) is 4.39 Å². The molecule has 0 aliphatic carbocycles. The fraction of sp³-hybridized carbons (Fsp3) is 0.235. The van der Waals surface area contributed by atoms with E-state index >= 15 is 0 Å². The van der Waals surface area contributed by atoms with Crippen LogP contribution in [0.25, 0.3) is 0 Å². The first-order valence-electron chi connectivity index (χ1n) is 7.31. The number of aryl methyl sites for hydroxylation is 1. The summed E-state index contributed by atoms with van der Waals surface area (Å²) in [5.74, 6) is -1.61. The molecule has 1 aromatic carbocycles. The number of aromatic nitrogens is 1. The Morgan fingerprint density at radius 1 is 1.39 bits per heavy atom. The lowest BCUT2D eigenvalue weighted by Crippen LogP contribution is -2.34. The number of fused-ring (bicyclic) bond motifs is 1. The molecule has 0 fully saturated rings. The highest BCUT2D eigenvalue weighted by molar-refractivity contribution is 6.01. The predicted molar refractivity (Wildman–Crippen MR) is 83.2 cm³/mol. The number of anilines is 1. The first-order valence-corrected chi connectivity index (χ1v) is 7.31. The van der Waals surface area contributed by atoms with E-state index in [0.29, 0.717) is 17.8 Å². The first-order chi connectivity index (χ1) is 11.0. The van der Waals surface area contributed by atoms with Crippen LogP contribution in [0.4, 0.5) is 10.1 Å². The van der Waals surface area contributed by atoms with Crippen molar-refractivity contribution in [3.63, 3.8) is 0 Å². The lowest BCUT2D eigenvalue weighted by Gasteiger charge is -2.24. The van der Waals surface area contributed by atoms with Gasteiger partial charge in [0.25, 0.3) is 0 Å². The molecule has 1 atom stereocenters. The van der Waals surface area contributed by atoms with E-state index in [9.17, 15) is 14.0 Å². The Bertz CT molecular complexity index is 759. The number of hydrogen-bond acceptors (Lipinski definition) is 3. The molecule has 23 heavy (non-hydrogen) atoms. The third kappa shape index (κ3) is 3.36. The second-order valence-corrected chi connectivity index (χ2v) is 5.56. The van der Waals surface area contributed by atoms with Crippen molar-refractivity contribution >= 4 is 17.5 Å². The van der Waals surface area contributed by atoms with Gasteiger partial charge in [-0.1, -0.05) is 12.1 Å². The summed E-state index contributed by atoms with van der Waals surface area (Å²) in [5.41, 5.74) is 2.77. The van der Waals surface area contributed by atoms with E-state index in [4.69, 9.17) is 0 Å². The molecule has 0 bridgehead atoms. The van der Waals surface area contributed by atoms with Crippen LogP contribution in [0.15, 0.2) is 36.5 Å². The summed E-state index contributed by atoms with van der Waals surface area (Å²) in [4.78, 5) is 28.3. The van der Waals surface area contributed by atoms with Crippen molar-refractivity contribution in [3.8, 4) is 0 Å². The van der Waals surface area contributed by atoms with Crippen LogP contribution in [0.2, 0.25) is 0 Å². The third-order valence-corrected chi connectivity index (χ3v) is 3.81. The first kappa shape index (κ1) is 15.1. The quantitative estimate of drug-likeness (QED) is 0.913. The number of carbonyl (C=O) groups is 2. The average molecular weight is 313 g/mol. The van der Waals surface area contributed by atoms with E-state index in [0.717, 1.165) is 11.3 Å². The smallest absolute Gasteiger partial charge is 0.228 e. The summed E-state index contributed by atoms with van der Waals surface area (Å²) in [7, 11) is 0. The second kappa shape index (κ2) is 6.16. The molecule has 0 spiro atoms. The number of hydrogen-bond donors (Lipinski definition) is 2. The number of pyridine rings is 1. The van der Waals surface area contributed by atoms with Crippen LogP contribution < -0.4 is 10.6 Å². The zero-order valence-corrected chi connectivity index (χ0v) is 12.6. The molecule has 6 heteroatoms. The van der Waals surface area contributed by atoms with Crippen molar-refractivity contribution < 1.29 is 14.0 Å². The summed E-state index contributed by atoms with van der Waals surface area (Å²) in [6, 6.07) is 7.83. The van der Waals surface area contributed by atoms with Crippen molar-refractivity contribution in [2.24, 2.45) is 0 Å². The van der Waals surface area contributed by atoms with Gasteiger partial charge in [0.1, 0.15) is 5.82 Å². The van der Waals surface area contributed by atoms with Gasteiger partial charge < -0.3 is 10.6 Å². The molecule has 2 amide bonds. The molecular formula is C17H16FN3O2. The van der Waals surface area contributed by atoms with Gasteiger partial charge in [0.2, 0.25) is 11.8 Å². The maximum Gasteiger partial charge on any atom is 0.228 e. The number of nitrogens with one attached hydrogen (secondary N) is 2. The van der Waals surface area contributed by atoms with Crippen molar-refractivity contribution in [3.05, 3.63) is 59.2 Å². The van der Waals surface area contributed by atoms with E-state index in [2.05, 4.69) is 15.6 Å². The Kier molecular flexibility index (Phi) is 4.06. The topological polar surface area (TPSA) is 71.1 Å². The SMILES string of the molecule is Cc1ccc(CNC(=O)C2CC(=O)Nc3cc(F)ccc32)cn1. The molecule has 1 aromatic heterocycles. The molecule has 0 radical (unpaired) electrons. The minimum atomic E-state index is -0.613. The van der Waals surface area contributed by atoms with Gasteiger partial charge >= 0.3 is 0 Å². The molecular weight excluding hydrogens is 297 g/mol. The van der Waals surface area contributed by atoms with Crippen LogP contribution in [-0.4, -0.2) is 16.8 Å². The molecule has 1 aliphatic heterocycles. The highest BCUT2D eigenvalue weighted by Gasteiger charge is 2.30. The standard InChI is InChI=1S/C17H16FN3O2/c1-10-2-3-11(8-19-10)9-20-17(23)14-7-16(22)21-15-6-12(18)4-5-13(14)15/h2-6,8,14H,7,9H2,1H3,(H,20,23)(H,21,22). The Morgan fingerprint density at radius 2 is 2.22 bits per heavy atom. The lowest BCUT2D eigenvalue weighted by atomic mass is 9.89. The number of rotatable bonds is 3. The molecule has 0 saturated carbocycles. The minimum absolute atomic E-state index is 0.0522. The molecule has 118 valence electrons. The van der Waals surface area contributed by atoms with Crippen molar-refractivity contribution in [1.82, 2.24) is 10.3 Å². The monoisotopic (exact) mass is 313 g/mol. The highest BCUT2D eigenvalue weighted by Crippen LogP contribution is 2.32. The Labute approximate surface area is 132 Å². The van der Waals surface area contributed by atoms with Gasteiger partial charge in [-0.05, 0) is 36.2 Å². The molecule has 3 rings (SSSR count). The summed E-state index contributed by atoms with van der Waals surface area (Å²) in [6.45, 7) is 2.22. The minimum Gasteiger partial charge on any atom is -0.351 e. The van der Waals surface area contributed by atoms with E-state index in [1.54, 1.807) is 12.3 Å². The summed E-state index contributed by atoms with van der Waals surface area (Å²) in [5, 5.41) is 5.41. The van der Waals surface area contributed by atoms with E-state index in [1.165, 1.54) is 12.1 Å². The molecule has 2 N–H and O–H groups in total. The summed E-state index contributed by atoms with van der Waals surface area (Å²) in [6.07, 6.45) is 1.75. The molecule has 2 heterocycles. The number of benzene rings is 1. The van der Waals surface area contributed by atoms with Crippen LogP contribution >= 0.6 is 0 Å². The van der Waals surface area contributed by atoms with E-state index < -0.39 is 11.7 Å². The number of nitrogens with zero attached hydrogens (tertiary/aromatic N) is 1. The van der Waals surface area contributed by atoms with Gasteiger partial charge in [0, 0.05) is 30.5 Å². The average Bonchev–Trinajstić information content (AvgIpc) is 2.52. The summed E-state index contributed by atoms with van der Waals surface area (Å²) >= 11 is 0. The van der Waals surface area contributed by atoms with Gasteiger partial charge in [-0.15, -0.1) is 0 Å². The third-order valence-electron chi connectivity index (χ3n) is 3.81. The molecule has 2 aromatic rings. The van der Waals surface area contributed by atoms with Crippen LogP contribution in [0, 0.1) is 12.7 Å². The predicted octanol–water partition coefficient (Wildman–Crippen LogP) is 2.27. The molecule has 0 saturated heterocycles. The van der Waals surface area contributed by atoms with Crippen molar-refractivity contribution in [2.75, 3.05) is 5.32 Å². The Hall–Kier alpha value is -2.76. The van der Waals surface area contributed by atoms with Gasteiger partial charge in [-0.2, -0.15) is 0 Å². The highest BCUT2D eigenvalue weighted by atomic mass is 19.1.